The number of ether oxygens (including phenoxy) is 1. The number of fused-ring (bicyclic) bond motifs is 1. The van der Waals surface area contributed by atoms with Crippen molar-refractivity contribution >= 4 is 17.4 Å². The van der Waals surface area contributed by atoms with E-state index >= 15 is 0 Å². The number of nitrogens with zero attached hydrogens (tertiary/aromatic N) is 6. The van der Waals surface area contributed by atoms with Crippen molar-refractivity contribution in [3.8, 4) is 11.4 Å². The first-order valence-electron chi connectivity index (χ1n) is 7.98. The van der Waals surface area contributed by atoms with E-state index in [-0.39, 0.29) is 5.69 Å². The highest BCUT2D eigenvalue weighted by Crippen LogP contribution is 2.22. The Hall–Kier alpha value is -3.07. The van der Waals surface area contributed by atoms with Crippen molar-refractivity contribution < 1.29 is 4.74 Å². The first-order chi connectivity index (χ1) is 12.8. The van der Waals surface area contributed by atoms with Gasteiger partial charge in [0.2, 0.25) is 0 Å². The Balaban J connectivity index is 1.49. The summed E-state index contributed by atoms with van der Waals surface area (Å²) in [7, 11) is 1.63. The Labute approximate surface area is 153 Å². The second kappa shape index (κ2) is 7.04. The fourth-order valence-corrected chi connectivity index (χ4v) is 3.44. The smallest absolute Gasteiger partial charge is 0.350 e. The van der Waals surface area contributed by atoms with E-state index in [4.69, 9.17) is 4.74 Å². The molecule has 3 heterocycles. The van der Waals surface area contributed by atoms with Gasteiger partial charge in [-0.05, 0) is 24.3 Å². The van der Waals surface area contributed by atoms with Gasteiger partial charge in [-0.1, -0.05) is 23.9 Å². The van der Waals surface area contributed by atoms with Gasteiger partial charge in [-0.2, -0.15) is 0 Å². The minimum atomic E-state index is -0.143. The predicted molar refractivity (Wildman–Crippen MR) is 98.1 cm³/mol. The lowest BCUT2D eigenvalue weighted by molar-refractivity contribution is 0.414. The van der Waals surface area contributed by atoms with Gasteiger partial charge in [0.15, 0.2) is 10.8 Å². The van der Waals surface area contributed by atoms with Crippen LogP contribution < -0.4 is 10.4 Å². The zero-order chi connectivity index (χ0) is 17.9. The van der Waals surface area contributed by atoms with Crippen LogP contribution in [-0.2, 0) is 6.54 Å². The first kappa shape index (κ1) is 16.4. The molecule has 132 valence electrons. The molecular weight excluding hydrogens is 352 g/mol. The molecular formula is C17H16N6O2S. The molecule has 0 amide bonds. The molecule has 4 rings (SSSR count). The van der Waals surface area contributed by atoms with E-state index in [1.54, 1.807) is 19.6 Å². The number of thioether (sulfide) groups is 1. The second-order valence-electron chi connectivity index (χ2n) is 5.47. The van der Waals surface area contributed by atoms with Crippen molar-refractivity contribution in [3.05, 3.63) is 65.5 Å². The number of aromatic nitrogens is 6. The summed E-state index contributed by atoms with van der Waals surface area (Å²) in [6.45, 7) is 0.482. The van der Waals surface area contributed by atoms with Crippen LogP contribution in [0.2, 0.25) is 0 Å². The SMILES string of the molecule is COc1cccc(-n2cnnc2SCCn2nc3ccccn3c2=O)c1. The van der Waals surface area contributed by atoms with E-state index in [2.05, 4.69) is 15.3 Å². The maximum Gasteiger partial charge on any atom is 0.350 e. The molecule has 9 heteroatoms. The Kier molecular flexibility index (Phi) is 4.44. The van der Waals surface area contributed by atoms with Gasteiger partial charge in [-0.25, -0.2) is 9.48 Å². The highest BCUT2D eigenvalue weighted by molar-refractivity contribution is 7.99. The molecule has 0 N–H and O–H groups in total. The van der Waals surface area contributed by atoms with E-state index < -0.39 is 0 Å². The zero-order valence-electron chi connectivity index (χ0n) is 14.0. The molecule has 0 spiro atoms. The molecule has 1 aromatic carbocycles. The summed E-state index contributed by atoms with van der Waals surface area (Å²) in [4.78, 5) is 12.3. The molecule has 0 atom stereocenters. The minimum Gasteiger partial charge on any atom is -0.497 e. The van der Waals surface area contributed by atoms with Crippen molar-refractivity contribution in [1.29, 1.82) is 0 Å². The summed E-state index contributed by atoms with van der Waals surface area (Å²) in [5.41, 5.74) is 1.42. The molecule has 8 nitrogen and oxygen atoms in total. The minimum absolute atomic E-state index is 0.143. The van der Waals surface area contributed by atoms with Crippen LogP contribution >= 0.6 is 11.8 Å². The third-order valence-corrected chi connectivity index (χ3v) is 4.79. The zero-order valence-corrected chi connectivity index (χ0v) is 14.8. The van der Waals surface area contributed by atoms with E-state index in [1.165, 1.54) is 20.8 Å². The van der Waals surface area contributed by atoms with Crippen LogP contribution in [0.3, 0.4) is 0 Å². The lowest BCUT2D eigenvalue weighted by Gasteiger charge is -2.07. The summed E-state index contributed by atoms with van der Waals surface area (Å²) in [6.07, 6.45) is 3.38. The standard InChI is InChI=1S/C17H16N6O2S/c1-25-14-6-4-5-13(11-14)22-12-18-19-16(22)26-10-9-23-17(24)21-8-3-2-7-15(21)20-23/h2-8,11-12H,9-10H2,1H3. The van der Waals surface area contributed by atoms with Crippen LogP contribution in [0, 0.1) is 0 Å². The van der Waals surface area contributed by atoms with Crippen molar-refractivity contribution in [3.63, 3.8) is 0 Å². The van der Waals surface area contributed by atoms with Crippen LogP contribution in [0.25, 0.3) is 11.3 Å². The third kappa shape index (κ3) is 3.08. The van der Waals surface area contributed by atoms with Crippen molar-refractivity contribution in [2.45, 2.75) is 11.7 Å². The number of methoxy groups -OCH3 is 1. The van der Waals surface area contributed by atoms with E-state index in [0.29, 0.717) is 17.9 Å². The summed E-state index contributed by atoms with van der Waals surface area (Å²) in [6, 6.07) is 13.2. The highest BCUT2D eigenvalue weighted by atomic mass is 32.2. The molecule has 0 aliphatic carbocycles. The number of hydrogen-bond donors (Lipinski definition) is 0. The van der Waals surface area contributed by atoms with Gasteiger partial charge in [0.1, 0.15) is 12.1 Å². The van der Waals surface area contributed by atoms with Gasteiger partial charge >= 0.3 is 5.69 Å². The average molecular weight is 368 g/mol. The number of pyridine rings is 1. The Morgan fingerprint density at radius 1 is 1.19 bits per heavy atom. The predicted octanol–water partition coefficient (Wildman–Crippen LogP) is 1.88. The lowest BCUT2D eigenvalue weighted by Crippen LogP contribution is -2.22. The molecule has 3 aromatic heterocycles. The number of rotatable bonds is 6. The average Bonchev–Trinajstić information content (AvgIpc) is 3.27. The summed E-state index contributed by atoms with van der Waals surface area (Å²) < 4.78 is 10.2. The second-order valence-corrected chi connectivity index (χ2v) is 6.53. The normalized spacial score (nSPS) is 11.1. The maximum atomic E-state index is 12.3. The lowest BCUT2D eigenvalue weighted by atomic mass is 10.3. The Bertz CT molecular complexity index is 1100. The third-order valence-electron chi connectivity index (χ3n) is 3.87. The van der Waals surface area contributed by atoms with E-state index in [0.717, 1.165) is 16.6 Å². The summed E-state index contributed by atoms with van der Waals surface area (Å²) in [5.74, 6) is 1.41. The van der Waals surface area contributed by atoms with Gasteiger partial charge < -0.3 is 4.74 Å². The topological polar surface area (TPSA) is 79.2 Å². The fraction of sp³-hybridized carbons (Fsp3) is 0.176. The molecule has 0 bridgehead atoms. The molecule has 0 saturated heterocycles. The van der Waals surface area contributed by atoms with E-state index in [1.807, 2.05) is 47.0 Å². The highest BCUT2D eigenvalue weighted by Gasteiger charge is 2.10. The number of hydrogen-bond acceptors (Lipinski definition) is 6. The molecule has 0 aliphatic heterocycles. The fourth-order valence-electron chi connectivity index (χ4n) is 2.60. The molecule has 0 unspecified atom stereocenters. The molecule has 4 aromatic rings. The largest absolute Gasteiger partial charge is 0.497 e. The van der Waals surface area contributed by atoms with Gasteiger partial charge in [0, 0.05) is 18.0 Å². The van der Waals surface area contributed by atoms with Crippen LogP contribution in [0.15, 0.2) is 64.9 Å². The van der Waals surface area contributed by atoms with Crippen LogP contribution in [-0.4, -0.2) is 41.8 Å². The van der Waals surface area contributed by atoms with Crippen LogP contribution in [0.1, 0.15) is 0 Å². The van der Waals surface area contributed by atoms with Gasteiger partial charge in [0.05, 0.1) is 19.3 Å². The summed E-state index contributed by atoms with van der Waals surface area (Å²) >= 11 is 1.52. The van der Waals surface area contributed by atoms with Gasteiger partial charge in [0.25, 0.3) is 0 Å². The van der Waals surface area contributed by atoms with Crippen LogP contribution in [0.4, 0.5) is 0 Å². The molecule has 0 aliphatic rings. The van der Waals surface area contributed by atoms with Gasteiger partial charge in [-0.3, -0.25) is 8.97 Å². The number of benzene rings is 1. The Morgan fingerprint density at radius 2 is 2.12 bits per heavy atom. The van der Waals surface area contributed by atoms with E-state index in [9.17, 15) is 4.79 Å². The first-order valence-corrected chi connectivity index (χ1v) is 8.96. The van der Waals surface area contributed by atoms with Gasteiger partial charge in [-0.15, -0.1) is 15.3 Å². The number of aryl methyl sites for hydroxylation is 1. The van der Waals surface area contributed by atoms with Crippen molar-refractivity contribution in [2.75, 3.05) is 12.9 Å². The molecule has 0 fully saturated rings. The molecule has 0 saturated carbocycles. The molecule has 26 heavy (non-hydrogen) atoms. The van der Waals surface area contributed by atoms with Crippen LogP contribution in [0.5, 0.6) is 5.75 Å². The summed E-state index contributed by atoms with van der Waals surface area (Å²) in [5, 5.41) is 13.2. The quantitative estimate of drug-likeness (QED) is 0.484. The Morgan fingerprint density at radius 3 is 2.96 bits per heavy atom. The maximum absolute atomic E-state index is 12.3. The monoisotopic (exact) mass is 368 g/mol. The van der Waals surface area contributed by atoms with Crippen molar-refractivity contribution in [2.24, 2.45) is 0 Å². The van der Waals surface area contributed by atoms with Crippen molar-refractivity contribution in [1.82, 2.24) is 28.9 Å². The molecule has 0 radical (unpaired) electrons.